The first-order chi connectivity index (χ1) is 8.69. The van der Waals surface area contributed by atoms with Crippen molar-refractivity contribution in [3.8, 4) is 5.75 Å². The second-order valence-corrected chi connectivity index (χ2v) is 4.81. The fourth-order valence-corrected chi connectivity index (χ4v) is 1.67. The van der Waals surface area contributed by atoms with Crippen LogP contribution in [0.5, 0.6) is 5.75 Å². The van der Waals surface area contributed by atoms with Gasteiger partial charge in [-0.3, -0.25) is 0 Å². The van der Waals surface area contributed by atoms with Gasteiger partial charge >= 0.3 is 6.36 Å². The van der Waals surface area contributed by atoms with E-state index in [4.69, 9.17) is 5.73 Å². The van der Waals surface area contributed by atoms with E-state index < -0.39 is 24.0 Å². The summed E-state index contributed by atoms with van der Waals surface area (Å²) in [5.41, 5.74) is 5.84. The molecule has 1 atom stereocenters. The second-order valence-electron chi connectivity index (χ2n) is 4.81. The Morgan fingerprint density at radius 1 is 1.20 bits per heavy atom. The van der Waals surface area contributed by atoms with Crippen LogP contribution in [0.4, 0.5) is 17.6 Å². The molecule has 0 spiro atoms. The molecular weight excluding hydrogens is 298 g/mol. The lowest BCUT2D eigenvalue weighted by atomic mass is 9.98. The van der Waals surface area contributed by atoms with Crippen LogP contribution in [0.1, 0.15) is 38.3 Å². The molecule has 0 aliphatic heterocycles. The van der Waals surface area contributed by atoms with E-state index in [0.29, 0.717) is 12.3 Å². The minimum atomic E-state index is -4.79. The lowest BCUT2D eigenvalue weighted by Gasteiger charge is -2.16. The Morgan fingerprint density at radius 2 is 1.80 bits per heavy atom. The fourth-order valence-electron chi connectivity index (χ4n) is 1.67. The number of hydrogen-bond donors (Lipinski definition) is 1. The third-order valence-corrected chi connectivity index (χ3v) is 2.66. The third kappa shape index (κ3) is 6.43. The van der Waals surface area contributed by atoms with Crippen LogP contribution in [-0.2, 0) is 0 Å². The molecule has 0 aliphatic carbocycles. The Balaban J connectivity index is 0.00000361. The van der Waals surface area contributed by atoms with E-state index in [0.717, 1.165) is 24.6 Å². The summed E-state index contributed by atoms with van der Waals surface area (Å²) in [4.78, 5) is 0. The van der Waals surface area contributed by atoms with E-state index in [1.807, 2.05) is 13.8 Å². The van der Waals surface area contributed by atoms with Gasteiger partial charge in [-0.25, -0.2) is 4.39 Å². The third-order valence-electron chi connectivity index (χ3n) is 2.66. The van der Waals surface area contributed by atoms with E-state index in [1.165, 1.54) is 0 Å². The second kappa shape index (κ2) is 7.69. The summed E-state index contributed by atoms with van der Waals surface area (Å²) in [6, 6.07) is 2.24. The highest BCUT2D eigenvalue weighted by molar-refractivity contribution is 5.85. The molecule has 7 heteroatoms. The molecule has 2 nitrogen and oxygen atoms in total. The summed E-state index contributed by atoms with van der Waals surface area (Å²) in [5.74, 6) is -0.682. The number of halogens is 5. The number of rotatable bonds is 5. The lowest BCUT2D eigenvalue weighted by Crippen LogP contribution is -2.18. The Kier molecular flexibility index (Phi) is 7.30. The number of hydrogen-bond acceptors (Lipinski definition) is 2. The predicted molar refractivity (Wildman–Crippen MR) is 71.3 cm³/mol. The Morgan fingerprint density at radius 3 is 2.30 bits per heavy atom. The average molecular weight is 316 g/mol. The summed E-state index contributed by atoms with van der Waals surface area (Å²) >= 11 is 0. The zero-order chi connectivity index (χ0) is 14.6. The molecule has 20 heavy (non-hydrogen) atoms. The van der Waals surface area contributed by atoms with Gasteiger partial charge in [-0.15, -0.1) is 25.6 Å². The van der Waals surface area contributed by atoms with Crippen LogP contribution in [0.25, 0.3) is 0 Å². The van der Waals surface area contributed by atoms with Crippen LogP contribution < -0.4 is 10.5 Å². The molecule has 2 N–H and O–H groups in total. The van der Waals surface area contributed by atoms with Crippen molar-refractivity contribution in [1.29, 1.82) is 0 Å². The van der Waals surface area contributed by atoms with Crippen LogP contribution in [0.2, 0.25) is 0 Å². The molecule has 0 amide bonds. The summed E-state index contributed by atoms with van der Waals surface area (Å²) in [5, 5.41) is 0. The van der Waals surface area contributed by atoms with Crippen molar-refractivity contribution in [2.75, 3.05) is 0 Å². The van der Waals surface area contributed by atoms with Crippen molar-refractivity contribution < 1.29 is 22.3 Å². The van der Waals surface area contributed by atoms with Crippen molar-refractivity contribution in [3.05, 3.63) is 29.6 Å². The summed E-state index contributed by atoms with van der Waals surface area (Å²) < 4.78 is 53.6. The molecule has 0 fully saturated rings. The van der Waals surface area contributed by atoms with Crippen molar-refractivity contribution in [2.45, 2.75) is 39.1 Å². The number of nitrogens with two attached hydrogens (primary N) is 1. The van der Waals surface area contributed by atoms with Gasteiger partial charge in [-0.1, -0.05) is 13.8 Å². The highest BCUT2D eigenvalue weighted by Gasteiger charge is 2.31. The molecule has 116 valence electrons. The fraction of sp³-hybridized carbons (Fsp3) is 0.538. The van der Waals surface area contributed by atoms with Gasteiger partial charge in [-0.05, 0) is 37.0 Å². The van der Waals surface area contributed by atoms with Crippen molar-refractivity contribution >= 4 is 12.4 Å². The Hall–Kier alpha value is -1.01. The van der Waals surface area contributed by atoms with Gasteiger partial charge in [0.1, 0.15) is 11.6 Å². The van der Waals surface area contributed by atoms with Crippen LogP contribution in [0.3, 0.4) is 0 Å². The van der Waals surface area contributed by atoms with Crippen LogP contribution >= 0.6 is 12.4 Å². The van der Waals surface area contributed by atoms with Crippen molar-refractivity contribution in [3.63, 3.8) is 0 Å². The summed E-state index contributed by atoms with van der Waals surface area (Å²) in [7, 11) is 0. The van der Waals surface area contributed by atoms with E-state index in [2.05, 4.69) is 4.74 Å². The van der Waals surface area contributed by atoms with Gasteiger partial charge in [0, 0.05) is 11.6 Å². The van der Waals surface area contributed by atoms with E-state index >= 15 is 0 Å². The molecule has 0 saturated heterocycles. The predicted octanol–water partition coefficient (Wildman–Crippen LogP) is 4.58. The number of benzene rings is 1. The maximum atomic E-state index is 13.6. The SMILES string of the molecule is CC(C)CC[C@@H](N)c1cc(OC(F)(F)F)ccc1F.Cl. The van der Waals surface area contributed by atoms with Crippen molar-refractivity contribution in [1.82, 2.24) is 0 Å². The van der Waals surface area contributed by atoms with Crippen LogP contribution in [0, 0.1) is 11.7 Å². The zero-order valence-electron chi connectivity index (χ0n) is 11.2. The molecular formula is C13H18ClF4NO. The molecule has 0 heterocycles. The Labute approximate surface area is 121 Å². The standard InChI is InChI=1S/C13H17F4NO.ClH/c1-8(2)3-6-12(18)10-7-9(4-5-11(10)14)19-13(15,16)17;/h4-5,7-8,12H,3,6,18H2,1-2H3;1H/t12-;/m1./s1. The molecule has 0 bridgehead atoms. The zero-order valence-corrected chi connectivity index (χ0v) is 12.0. The largest absolute Gasteiger partial charge is 0.573 e. The quantitative estimate of drug-likeness (QED) is 0.807. The van der Waals surface area contributed by atoms with E-state index in [1.54, 1.807) is 0 Å². The topological polar surface area (TPSA) is 35.2 Å². The molecule has 0 radical (unpaired) electrons. The average Bonchev–Trinajstić information content (AvgIpc) is 2.26. The summed E-state index contributed by atoms with van der Waals surface area (Å²) in [6.07, 6.45) is -3.52. The first-order valence-corrected chi connectivity index (χ1v) is 6.00. The smallest absolute Gasteiger partial charge is 0.406 e. The normalized spacial score (nSPS) is 13.0. The number of alkyl halides is 3. The molecule has 0 saturated carbocycles. The monoisotopic (exact) mass is 315 g/mol. The molecule has 1 rings (SSSR count). The van der Waals surface area contributed by atoms with Gasteiger partial charge in [0.25, 0.3) is 0 Å². The molecule has 0 aliphatic rings. The van der Waals surface area contributed by atoms with Gasteiger partial charge in [0.15, 0.2) is 0 Å². The van der Waals surface area contributed by atoms with Crippen molar-refractivity contribution in [2.24, 2.45) is 11.7 Å². The maximum absolute atomic E-state index is 13.6. The van der Waals surface area contributed by atoms with Gasteiger partial charge in [-0.2, -0.15) is 0 Å². The number of ether oxygens (including phenoxy) is 1. The Bertz CT molecular complexity index is 423. The first kappa shape index (κ1) is 19.0. The minimum Gasteiger partial charge on any atom is -0.406 e. The minimum absolute atomic E-state index is 0. The van der Waals surface area contributed by atoms with Gasteiger partial charge < -0.3 is 10.5 Å². The van der Waals surface area contributed by atoms with E-state index in [-0.39, 0.29) is 18.0 Å². The molecule has 1 aromatic carbocycles. The summed E-state index contributed by atoms with van der Waals surface area (Å²) in [6.45, 7) is 3.98. The highest BCUT2D eigenvalue weighted by Crippen LogP contribution is 2.28. The highest BCUT2D eigenvalue weighted by atomic mass is 35.5. The van der Waals surface area contributed by atoms with E-state index in [9.17, 15) is 17.6 Å². The molecule has 0 aromatic heterocycles. The van der Waals surface area contributed by atoms with Crippen LogP contribution in [0.15, 0.2) is 18.2 Å². The van der Waals surface area contributed by atoms with Gasteiger partial charge in [0.05, 0.1) is 0 Å². The van der Waals surface area contributed by atoms with Crippen LogP contribution in [-0.4, -0.2) is 6.36 Å². The molecule has 1 aromatic rings. The lowest BCUT2D eigenvalue weighted by molar-refractivity contribution is -0.274. The van der Waals surface area contributed by atoms with Gasteiger partial charge in [0.2, 0.25) is 0 Å². The first-order valence-electron chi connectivity index (χ1n) is 6.00. The maximum Gasteiger partial charge on any atom is 0.573 e. The molecule has 0 unspecified atom stereocenters.